The van der Waals surface area contributed by atoms with Crippen LogP contribution in [-0.4, -0.2) is 35.4 Å². The van der Waals surface area contributed by atoms with Gasteiger partial charge in [-0.2, -0.15) is 0 Å². The quantitative estimate of drug-likeness (QED) is 0.420. The second-order valence-electron chi connectivity index (χ2n) is 6.68. The third-order valence-electron chi connectivity index (χ3n) is 4.33. The monoisotopic (exact) mass is 397 g/mol. The van der Waals surface area contributed by atoms with Crippen LogP contribution in [0, 0.1) is 17.0 Å². The van der Waals surface area contributed by atoms with E-state index in [4.69, 9.17) is 4.74 Å². The number of benzene rings is 2. The van der Waals surface area contributed by atoms with Crippen molar-refractivity contribution in [2.24, 2.45) is 0 Å². The lowest BCUT2D eigenvalue weighted by molar-refractivity contribution is -0.385. The lowest BCUT2D eigenvalue weighted by atomic mass is 10.1. The van der Waals surface area contributed by atoms with E-state index in [1.54, 1.807) is 31.2 Å². The van der Waals surface area contributed by atoms with E-state index in [9.17, 15) is 24.5 Å². The van der Waals surface area contributed by atoms with E-state index < -0.39 is 23.4 Å². The molecule has 0 atom stereocenters. The number of nitrogens with zero attached hydrogens (tertiary/aromatic N) is 1. The zero-order valence-electron chi connectivity index (χ0n) is 15.6. The fourth-order valence-electron chi connectivity index (χ4n) is 2.61. The number of aryl methyl sites for hydroxylation is 1. The number of nitro benzene ring substituents is 1. The molecule has 2 aromatic carbocycles. The van der Waals surface area contributed by atoms with Crippen molar-refractivity contribution in [2.75, 3.05) is 11.9 Å². The molecule has 2 amide bonds. The van der Waals surface area contributed by atoms with Crippen molar-refractivity contribution in [3.05, 3.63) is 69.3 Å². The molecule has 0 aromatic heterocycles. The van der Waals surface area contributed by atoms with Gasteiger partial charge in [-0.25, -0.2) is 4.79 Å². The van der Waals surface area contributed by atoms with Gasteiger partial charge in [0.1, 0.15) is 0 Å². The highest BCUT2D eigenvalue weighted by molar-refractivity contribution is 6.04. The number of carbonyl (C=O) groups is 3. The van der Waals surface area contributed by atoms with Crippen LogP contribution in [-0.2, 0) is 9.53 Å². The van der Waals surface area contributed by atoms with Crippen molar-refractivity contribution in [3.63, 3.8) is 0 Å². The molecule has 9 heteroatoms. The summed E-state index contributed by atoms with van der Waals surface area (Å²) in [5, 5.41) is 16.4. The van der Waals surface area contributed by atoms with Gasteiger partial charge in [-0.1, -0.05) is 18.2 Å². The van der Waals surface area contributed by atoms with Gasteiger partial charge in [-0.3, -0.25) is 19.7 Å². The van der Waals surface area contributed by atoms with Crippen LogP contribution >= 0.6 is 0 Å². The van der Waals surface area contributed by atoms with E-state index in [1.165, 1.54) is 12.1 Å². The Bertz CT molecular complexity index is 984. The highest BCUT2D eigenvalue weighted by atomic mass is 16.6. The molecular formula is C20H19N3O6. The molecule has 150 valence electrons. The molecule has 0 heterocycles. The Balaban J connectivity index is 1.60. The summed E-state index contributed by atoms with van der Waals surface area (Å²) in [4.78, 5) is 46.9. The lowest BCUT2D eigenvalue weighted by Gasteiger charge is -2.11. The smallest absolute Gasteiger partial charge is 0.338 e. The van der Waals surface area contributed by atoms with Gasteiger partial charge in [0, 0.05) is 17.7 Å². The van der Waals surface area contributed by atoms with E-state index in [2.05, 4.69) is 10.6 Å². The van der Waals surface area contributed by atoms with Gasteiger partial charge in [-0.05, 0) is 38.0 Å². The molecule has 0 aliphatic heterocycles. The summed E-state index contributed by atoms with van der Waals surface area (Å²) in [6.07, 6.45) is 1.88. The summed E-state index contributed by atoms with van der Waals surface area (Å²) < 4.78 is 4.94. The van der Waals surface area contributed by atoms with Gasteiger partial charge in [0.15, 0.2) is 6.61 Å². The molecule has 9 nitrogen and oxygen atoms in total. The average molecular weight is 397 g/mol. The standard InChI is InChI=1S/C20H19N3O6/c1-12-6-7-13(10-17(12)23(27)28)20(26)29-11-18(24)22-16-5-3-2-4-15(16)19(25)21-14-8-9-14/h2-7,10,14H,8-9,11H2,1H3,(H,21,25)(H,22,24). The van der Waals surface area contributed by atoms with Crippen LogP contribution in [0.15, 0.2) is 42.5 Å². The van der Waals surface area contributed by atoms with Crippen LogP contribution in [0.2, 0.25) is 0 Å². The maximum absolute atomic E-state index is 12.3. The van der Waals surface area contributed by atoms with Crippen LogP contribution in [0.25, 0.3) is 0 Å². The van der Waals surface area contributed by atoms with Crippen molar-refractivity contribution >= 4 is 29.2 Å². The number of anilines is 1. The van der Waals surface area contributed by atoms with Crippen LogP contribution in [0.3, 0.4) is 0 Å². The zero-order valence-corrected chi connectivity index (χ0v) is 15.6. The largest absolute Gasteiger partial charge is 0.452 e. The van der Waals surface area contributed by atoms with Crippen molar-refractivity contribution in [1.82, 2.24) is 5.32 Å². The molecule has 2 N–H and O–H groups in total. The molecule has 1 aliphatic carbocycles. The lowest BCUT2D eigenvalue weighted by Crippen LogP contribution is -2.28. The van der Waals surface area contributed by atoms with Gasteiger partial charge in [0.25, 0.3) is 17.5 Å². The number of ether oxygens (including phenoxy) is 1. The van der Waals surface area contributed by atoms with E-state index in [-0.39, 0.29) is 23.2 Å². The van der Waals surface area contributed by atoms with Gasteiger partial charge in [0.05, 0.1) is 21.7 Å². The highest BCUT2D eigenvalue weighted by Gasteiger charge is 2.25. The third-order valence-corrected chi connectivity index (χ3v) is 4.33. The first-order valence-corrected chi connectivity index (χ1v) is 8.97. The molecule has 29 heavy (non-hydrogen) atoms. The van der Waals surface area contributed by atoms with E-state index >= 15 is 0 Å². The first-order chi connectivity index (χ1) is 13.8. The molecule has 2 aromatic rings. The predicted molar refractivity (Wildman–Crippen MR) is 104 cm³/mol. The number of amides is 2. The third kappa shape index (κ3) is 5.16. The second kappa shape index (κ2) is 8.51. The molecule has 0 spiro atoms. The molecule has 1 fully saturated rings. The van der Waals surface area contributed by atoms with E-state index in [1.807, 2.05) is 0 Å². The summed E-state index contributed by atoms with van der Waals surface area (Å²) in [7, 11) is 0. The number of carbonyl (C=O) groups excluding carboxylic acids is 3. The molecule has 1 aliphatic rings. The second-order valence-corrected chi connectivity index (χ2v) is 6.68. The number of rotatable bonds is 7. The van der Waals surface area contributed by atoms with Crippen molar-refractivity contribution < 1.29 is 24.0 Å². The van der Waals surface area contributed by atoms with Crippen molar-refractivity contribution in [2.45, 2.75) is 25.8 Å². The SMILES string of the molecule is Cc1ccc(C(=O)OCC(=O)Nc2ccccc2C(=O)NC2CC2)cc1[N+](=O)[O-]. The summed E-state index contributed by atoms with van der Waals surface area (Å²) in [6, 6.07) is 10.6. The minimum atomic E-state index is -0.858. The number of nitrogens with one attached hydrogen (secondary N) is 2. The molecule has 0 saturated heterocycles. The van der Waals surface area contributed by atoms with Gasteiger partial charge in [0.2, 0.25) is 0 Å². The summed E-state index contributed by atoms with van der Waals surface area (Å²) in [6.45, 7) is 0.955. The van der Waals surface area contributed by atoms with Gasteiger partial charge < -0.3 is 15.4 Å². The Morgan fingerprint density at radius 1 is 1.17 bits per heavy atom. The summed E-state index contributed by atoms with van der Waals surface area (Å²) in [5.41, 5.74) is 0.787. The molecule has 0 unspecified atom stereocenters. The fourth-order valence-corrected chi connectivity index (χ4v) is 2.61. The normalized spacial score (nSPS) is 12.7. The molecule has 1 saturated carbocycles. The zero-order chi connectivity index (χ0) is 21.0. The predicted octanol–water partition coefficient (Wildman–Crippen LogP) is 2.59. The Hall–Kier alpha value is -3.75. The molecule has 0 bridgehead atoms. The number of para-hydroxylation sites is 1. The Labute approximate surface area is 166 Å². The first-order valence-electron chi connectivity index (χ1n) is 8.97. The summed E-state index contributed by atoms with van der Waals surface area (Å²) in [5.74, 6) is -1.78. The topological polar surface area (TPSA) is 128 Å². The maximum Gasteiger partial charge on any atom is 0.338 e. The molecule has 3 rings (SSSR count). The average Bonchev–Trinajstić information content (AvgIpc) is 3.50. The maximum atomic E-state index is 12.3. The van der Waals surface area contributed by atoms with Gasteiger partial charge in [-0.15, -0.1) is 0 Å². The summed E-state index contributed by atoms with van der Waals surface area (Å²) >= 11 is 0. The van der Waals surface area contributed by atoms with Crippen LogP contribution in [0.1, 0.15) is 39.1 Å². The highest BCUT2D eigenvalue weighted by Crippen LogP contribution is 2.22. The van der Waals surface area contributed by atoms with Gasteiger partial charge >= 0.3 is 5.97 Å². The molecule has 0 radical (unpaired) electrons. The Morgan fingerprint density at radius 3 is 2.59 bits per heavy atom. The van der Waals surface area contributed by atoms with Crippen LogP contribution < -0.4 is 10.6 Å². The minimum Gasteiger partial charge on any atom is -0.452 e. The number of hydrogen-bond acceptors (Lipinski definition) is 6. The number of esters is 1. The minimum absolute atomic E-state index is 0.0284. The van der Waals surface area contributed by atoms with Crippen LogP contribution in [0.5, 0.6) is 0 Å². The Kier molecular flexibility index (Phi) is 5.87. The number of hydrogen-bond donors (Lipinski definition) is 2. The number of nitro groups is 1. The van der Waals surface area contributed by atoms with E-state index in [0.717, 1.165) is 18.9 Å². The van der Waals surface area contributed by atoms with Crippen LogP contribution in [0.4, 0.5) is 11.4 Å². The van der Waals surface area contributed by atoms with E-state index in [0.29, 0.717) is 16.8 Å². The Morgan fingerprint density at radius 2 is 1.90 bits per heavy atom. The van der Waals surface area contributed by atoms with Crippen molar-refractivity contribution in [3.8, 4) is 0 Å². The fraction of sp³-hybridized carbons (Fsp3) is 0.250. The first kappa shape index (κ1) is 20.0. The van der Waals surface area contributed by atoms with Crippen molar-refractivity contribution in [1.29, 1.82) is 0 Å². The molecular weight excluding hydrogens is 378 g/mol.